The number of rotatable bonds is 3. The van der Waals surface area contributed by atoms with Crippen molar-refractivity contribution in [3.05, 3.63) is 35.4 Å². The molecule has 0 saturated carbocycles. The largest absolute Gasteiger partial charge is 0.744 e. The average molecular weight is 283 g/mol. The van der Waals surface area contributed by atoms with Crippen molar-refractivity contribution in [2.75, 3.05) is 6.73 Å². The van der Waals surface area contributed by atoms with Gasteiger partial charge in [0.05, 0.1) is 4.91 Å². The van der Waals surface area contributed by atoms with Gasteiger partial charge in [0.2, 0.25) is 18.3 Å². The molecule has 3 N–H and O–H groups in total. The lowest BCUT2D eigenvalue weighted by molar-refractivity contribution is -0.413. The van der Waals surface area contributed by atoms with Crippen LogP contribution < -0.4 is 10.5 Å². The van der Waals surface area contributed by atoms with Gasteiger partial charge >= 0.3 is 0 Å². The lowest BCUT2D eigenvalue weighted by atomic mass is 9.95. The minimum atomic E-state index is -4.84. The first-order valence-corrected chi connectivity index (χ1v) is 6.58. The maximum absolute atomic E-state index is 11.7. The molecule has 0 saturated heterocycles. The van der Waals surface area contributed by atoms with Gasteiger partial charge in [0, 0.05) is 17.2 Å². The molecule has 0 aliphatic heterocycles. The normalized spacial score (nSPS) is 14.9. The van der Waals surface area contributed by atoms with Crippen molar-refractivity contribution < 1.29 is 33.0 Å². The molecule has 2 rings (SSSR count). The number of hydrogen-bond donors (Lipinski definition) is 1. The summed E-state index contributed by atoms with van der Waals surface area (Å²) in [5, 5.41) is 0. The third kappa shape index (κ3) is 2.41. The number of benzene rings is 1. The third-order valence-electron chi connectivity index (χ3n) is 2.53. The van der Waals surface area contributed by atoms with Gasteiger partial charge in [0.15, 0.2) is 0 Å². The molecule has 0 fully saturated rings. The van der Waals surface area contributed by atoms with Crippen molar-refractivity contribution in [3.8, 4) is 5.75 Å². The van der Waals surface area contributed by atoms with Gasteiger partial charge in [0.1, 0.15) is 15.9 Å². The highest BCUT2D eigenvalue weighted by Crippen LogP contribution is 2.31. The van der Waals surface area contributed by atoms with E-state index >= 15 is 0 Å². The molecule has 1 aliphatic carbocycles. The molecule has 100 valence electrons. The topological polar surface area (TPSA) is 128 Å². The van der Waals surface area contributed by atoms with Crippen LogP contribution >= 0.6 is 0 Å². The molecule has 0 unspecified atom stereocenters. The van der Waals surface area contributed by atoms with Crippen molar-refractivity contribution in [3.63, 3.8) is 0 Å². The van der Waals surface area contributed by atoms with Gasteiger partial charge in [0.25, 0.3) is 0 Å². The van der Waals surface area contributed by atoms with E-state index in [1.54, 1.807) is 0 Å². The van der Waals surface area contributed by atoms with Gasteiger partial charge in [-0.05, 0) is 18.2 Å². The molecule has 7 nitrogen and oxygen atoms in total. The Bertz CT molecular complexity index is 704. The first-order chi connectivity index (χ1) is 8.84. The van der Waals surface area contributed by atoms with Gasteiger partial charge in [-0.3, -0.25) is 9.59 Å². The summed E-state index contributed by atoms with van der Waals surface area (Å²) < 4.78 is 38.3. The van der Waals surface area contributed by atoms with Gasteiger partial charge in [-0.2, -0.15) is 0 Å². The fourth-order valence-electron chi connectivity index (χ4n) is 1.74. The monoisotopic (exact) mass is 283 g/mol. The molecule has 0 aromatic heterocycles. The van der Waals surface area contributed by atoms with Crippen LogP contribution in [0.3, 0.4) is 0 Å². The van der Waals surface area contributed by atoms with Crippen LogP contribution in [0.5, 0.6) is 5.75 Å². The van der Waals surface area contributed by atoms with Crippen molar-refractivity contribution in [1.82, 2.24) is 0 Å². The molecule has 19 heavy (non-hydrogen) atoms. The van der Waals surface area contributed by atoms with E-state index in [0.29, 0.717) is 6.08 Å². The zero-order valence-corrected chi connectivity index (χ0v) is 10.4. The molecule has 8 heteroatoms. The Balaban J connectivity index is 2.67. The Morgan fingerprint density at radius 3 is 2.47 bits per heavy atom. The summed E-state index contributed by atoms with van der Waals surface area (Å²) in [6, 6.07) is 3.87. The second-order valence-corrected chi connectivity index (χ2v) is 5.06. The SMILES string of the molecule is [NH3+]COc1ccc2c(c1)C(=O)C(=O)C=C2S(=O)(=O)[O-]. The zero-order chi connectivity index (χ0) is 14.2. The summed E-state index contributed by atoms with van der Waals surface area (Å²) in [4.78, 5) is 22.4. The maximum atomic E-state index is 11.7. The minimum Gasteiger partial charge on any atom is -0.744 e. The highest BCUT2D eigenvalue weighted by Gasteiger charge is 2.28. The number of fused-ring (bicyclic) bond motifs is 1. The fraction of sp³-hybridized carbons (Fsp3) is 0.0909. The predicted octanol–water partition coefficient (Wildman–Crippen LogP) is -1.08. The second kappa shape index (κ2) is 4.57. The van der Waals surface area contributed by atoms with E-state index in [-0.39, 0.29) is 23.6 Å². The van der Waals surface area contributed by atoms with E-state index in [1.807, 2.05) is 0 Å². The van der Waals surface area contributed by atoms with E-state index in [2.05, 4.69) is 5.73 Å². The highest BCUT2D eigenvalue weighted by atomic mass is 32.2. The molecule has 1 aromatic carbocycles. The standard InChI is InChI=1S/C11H9NO6S/c12-5-18-6-1-2-7-8(3-6)11(14)9(13)4-10(7)19(15,16)17/h1-4H,5,12H2,(H,15,16,17). The van der Waals surface area contributed by atoms with Crippen LogP contribution in [0, 0.1) is 0 Å². The predicted molar refractivity (Wildman–Crippen MR) is 61.8 cm³/mol. The van der Waals surface area contributed by atoms with Crippen LogP contribution in [-0.2, 0) is 14.9 Å². The second-order valence-electron chi connectivity index (χ2n) is 3.71. The maximum Gasteiger partial charge on any atom is 0.233 e. The molecule has 0 spiro atoms. The van der Waals surface area contributed by atoms with E-state index in [4.69, 9.17) is 4.74 Å². The first kappa shape index (κ1) is 13.4. The molecular weight excluding hydrogens is 274 g/mol. The molecule has 0 atom stereocenters. The van der Waals surface area contributed by atoms with Crippen LogP contribution in [0.2, 0.25) is 0 Å². The molecular formula is C11H9NO6S. The number of ether oxygens (including phenoxy) is 1. The summed E-state index contributed by atoms with van der Waals surface area (Å²) in [6.07, 6.45) is 0.551. The van der Waals surface area contributed by atoms with Crippen molar-refractivity contribution in [2.45, 2.75) is 0 Å². The lowest BCUT2D eigenvalue weighted by Gasteiger charge is -2.19. The van der Waals surface area contributed by atoms with Gasteiger partial charge in [-0.25, -0.2) is 8.42 Å². The summed E-state index contributed by atoms with van der Waals surface area (Å²) >= 11 is 0. The van der Waals surface area contributed by atoms with Gasteiger partial charge in [-0.1, -0.05) is 0 Å². The van der Waals surface area contributed by atoms with Crippen LogP contribution in [0.4, 0.5) is 0 Å². The number of hydrogen-bond acceptors (Lipinski definition) is 6. The number of carbonyl (C=O) groups is 2. The van der Waals surface area contributed by atoms with E-state index < -0.39 is 26.6 Å². The highest BCUT2D eigenvalue weighted by molar-refractivity contribution is 7.95. The third-order valence-corrected chi connectivity index (χ3v) is 3.40. The van der Waals surface area contributed by atoms with Crippen molar-refractivity contribution in [1.29, 1.82) is 0 Å². The molecule has 1 aliphatic rings. The minimum absolute atomic E-state index is 0.0870. The van der Waals surface area contributed by atoms with Crippen LogP contribution in [-0.4, -0.2) is 31.3 Å². The molecule has 1 aromatic rings. The Labute approximate surface area is 108 Å². The van der Waals surface area contributed by atoms with Crippen LogP contribution in [0.1, 0.15) is 15.9 Å². The first-order valence-electron chi connectivity index (χ1n) is 5.17. The summed E-state index contributed by atoms with van der Waals surface area (Å²) in [7, 11) is -4.84. The molecule has 0 bridgehead atoms. The molecule has 0 amide bonds. The number of carbonyl (C=O) groups excluding carboxylic acids is 2. The summed E-state index contributed by atoms with van der Waals surface area (Å²) in [6.45, 7) is 0.101. The Kier molecular flexibility index (Phi) is 3.23. The molecule has 0 heterocycles. The smallest absolute Gasteiger partial charge is 0.233 e. The Morgan fingerprint density at radius 1 is 1.21 bits per heavy atom. The van der Waals surface area contributed by atoms with E-state index in [1.165, 1.54) is 18.2 Å². The summed E-state index contributed by atoms with van der Waals surface area (Å²) in [5.41, 5.74) is 3.20. The quantitative estimate of drug-likeness (QED) is 0.426. The van der Waals surface area contributed by atoms with Crippen LogP contribution in [0.25, 0.3) is 4.91 Å². The molecule has 0 radical (unpaired) electrons. The van der Waals surface area contributed by atoms with Crippen molar-refractivity contribution >= 4 is 26.6 Å². The Hall–Kier alpha value is -2.03. The van der Waals surface area contributed by atoms with Gasteiger partial charge < -0.3 is 15.0 Å². The Morgan fingerprint density at radius 2 is 1.89 bits per heavy atom. The van der Waals surface area contributed by atoms with Crippen molar-refractivity contribution in [2.24, 2.45) is 0 Å². The van der Waals surface area contributed by atoms with E-state index in [9.17, 15) is 22.6 Å². The summed E-state index contributed by atoms with van der Waals surface area (Å²) in [5.74, 6) is -1.66. The van der Waals surface area contributed by atoms with Gasteiger partial charge in [-0.15, -0.1) is 0 Å². The fourth-order valence-corrected chi connectivity index (χ4v) is 2.43. The average Bonchev–Trinajstić information content (AvgIpc) is 2.33. The number of allylic oxidation sites excluding steroid dienone is 1. The number of quaternary nitrogens is 1. The van der Waals surface area contributed by atoms with Crippen LogP contribution in [0.15, 0.2) is 24.3 Å². The number of Topliss-reactive ketones (excluding diaryl/α,β-unsaturated/α-hetero) is 1. The zero-order valence-electron chi connectivity index (χ0n) is 9.58. The number of ketones is 2. The van der Waals surface area contributed by atoms with E-state index in [0.717, 1.165) is 0 Å². The lowest BCUT2D eigenvalue weighted by Crippen LogP contribution is -2.53.